The van der Waals surface area contributed by atoms with Crippen molar-refractivity contribution in [3.63, 3.8) is 0 Å². The highest BCUT2D eigenvalue weighted by atomic mass is 16.5. The molecule has 0 saturated heterocycles. The van der Waals surface area contributed by atoms with Gasteiger partial charge >= 0.3 is 0 Å². The number of nitriles is 1. The number of nitrogens with one attached hydrogen (secondary N) is 1. The average molecular weight is 322 g/mol. The predicted octanol–water partition coefficient (Wildman–Crippen LogP) is 3.77. The summed E-state index contributed by atoms with van der Waals surface area (Å²) in [4.78, 5) is 12.2. The highest BCUT2D eigenvalue weighted by Crippen LogP contribution is 2.20. The van der Waals surface area contributed by atoms with E-state index >= 15 is 0 Å². The van der Waals surface area contributed by atoms with Crippen LogP contribution in [0.15, 0.2) is 48.5 Å². The van der Waals surface area contributed by atoms with Gasteiger partial charge in [0.15, 0.2) is 0 Å². The minimum Gasteiger partial charge on any atom is -0.494 e. The molecule has 2 aromatic carbocycles. The van der Waals surface area contributed by atoms with Gasteiger partial charge in [0.2, 0.25) is 5.91 Å². The highest BCUT2D eigenvalue weighted by Gasteiger charge is 2.11. The fourth-order valence-electron chi connectivity index (χ4n) is 2.50. The molecule has 0 aliphatic carbocycles. The molecule has 0 radical (unpaired) electrons. The number of carbonyl (C=O) groups excluding carboxylic acids is 1. The molecular weight excluding hydrogens is 300 g/mol. The number of amides is 1. The number of para-hydroxylation sites is 1. The SMILES string of the molecule is CCOc1ccccc1CCC(=O)NC(C)c1ccc(C#N)cc1. The lowest BCUT2D eigenvalue weighted by molar-refractivity contribution is -0.121. The standard InChI is InChI=1S/C20H22N2O2/c1-3-24-19-7-5-4-6-18(19)12-13-20(23)22-15(2)17-10-8-16(14-21)9-11-17/h4-11,15H,3,12-13H2,1-2H3,(H,22,23). The molecule has 2 aromatic rings. The minimum atomic E-state index is -0.0904. The van der Waals surface area contributed by atoms with Crippen molar-refractivity contribution in [1.29, 1.82) is 5.26 Å². The topological polar surface area (TPSA) is 62.1 Å². The van der Waals surface area contributed by atoms with Gasteiger partial charge < -0.3 is 10.1 Å². The summed E-state index contributed by atoms with van der Waals surface area (Å²) in [6.07, 6.45) is 1.05. The Hall–Kier alpha value is -2.80. The minimum absolute atomic E-state index is 0.00170. The van der Waals surface area contributed by atoms with Gasteiger partial charge in [0.25, 0.3) is 0 Å². The molecule has 4 heteroatoms. The van der Waals surface area contributed by atoms with Crippen LogP contribution in [0.5, 0.6) is 5.75 Å². The zero-order valence-electron chi connectivity index (χ0n) is 14.1. The Kier molecular flexibility index (Phi) is 6.39. The van der Waals surface area contributed by atoms with Gasteiger partial charge in [-0.15, -0.1) is 0 Å². The van der Waals surface area contributed by atoms with E-state index in [1.807, 2.05) is 50.2 Å². The van der Waals surface area contributed by atoms with E-state index in [0.29, 0.717) is 25.0 Å². The third kappa shape index (κ3) is 4.85. The van der Waals surface area contributed by atoms with Crippen LogP contribution in [0.3, 0.4) is 0 Å². The Labute approximate surface area is 143 Å². The lowest BCUT2D eigenvalue weighted by Crippen LogP contribution is -2.26. The van der Waals surface area contributed by atoms with Crippen molar-refractivity contribution >= 4 is 5.91 Å². The van der Waals surface area contributed by atoms with Gasteiger partial charge in [-0.25, -0.2) is 0 Å². The second-order valence-corrected chi connectivity index (χ2v) is 5.56. The molecule has 0 aliphatic rings. The van der Waals surface area contributed by atoms with Crippen molar-refractivity contribution < 1.29 is 9.53 Å². The van der Waals surface area contributed by atoms with Crippen molar-refractivity contribution in [2.75, 3.05) is 6.61 Å². The Bertz CT molecular complexity index is 717. The van der Waals surface area contributed by atoms with E-state index in [-0.39, 0.29) is 11.9 Å². The number of hydrogen-bond acceptors (Lipinski definition) is 3. The molecule has 1 amide bonds. The quantitative estimate of drug-likeness (QED) is 0.844. The maximum Gasteiger partial charge on any atom is 0.220 e. The maximum atomic E-state index is 12.2. The third-order valence-electron chi connectivity index (χ3n) is 3.81. The van der Waals surface area contributed by atoms with Crippen LogP contribution < -0.4 is 10.1 Å². The first kappa shape index (κ1) is 17.6. The Morgan fingerprint density at radius 2 is 1.92 bits per heavy atom. The Morgan fingerprint density at radius 1 is 1.21 bits per heavy atom. The monoisotopic (exact) mass is 322 g/mol. The van der Waals surface area contributed by atoms with Crippen LogP contribution in [-0.2, 0) is 11.2 Å². The molecule has 2 rings (SSSR count). The van der Waals surface area contributed by atoms with Gasteiger partial charge in [0.05, 0.1) is 24.3 Å². The van der Waals surface area contributed by atoms with Crippen LogP contribution in [0.2, 0.25) is 0 Å². The van der Waals surface area contributed by atoms with Crippen LogP contribution in [0.1, 0.15) is 43.0 Å². The highest BCUT2D eigenvalue weighted by molar-refractivity contribution is 5.76. The molecule has 0 aromatic heterocycles. The summed E-state index contributed by atoms with van der Waals surface area (Å²) in [7, 11) is 0. The number of carbonyl (C=O) groups is 1. The summed E-state index contributed by atoms with van der Waals surface area (Å²) in [5.41, 5.74) is 2.64. The molecule has 0 bridgehead atoms. The van der Waals surface area contributed by atoms with Crippen LogP contribution in [0.25, 0.3) is 0 Å². The first-order valence-corrected chi connectivity index (χ1v) is 8.14. The van der Waals surface area contributed by atoms with E-state index in [1.54, 1.807) is 12.1 Å². The number of hydrogen-bond donors (Lipinski definition) is 1. The van der Waals surface area contributed by atoms with E-state index in [2.05, 4.69) is 11.4 Å². The molecule has 0 heterocycles. The zero-order chi connectivity index (χ0) is 17.4. The number of rotatable bonds is 7. The summed E-state index contributed by atoms with van der Waals surface area (Å²) >= 11 is 0. The van der Waals surface area contributed by atoms with E-state index in [1.165, 1.54) is 0 Å². The molecule has 0 aliphatic heterocycles. The van der Waals surface area contributed by atoms with Gasteiger partial charge in [-0.2, -0.15) is 5.26 Å². The van der Waals surface area contributed by atoms with Crippen molar-refractivity contribution in [2.24, 2.45) is 0 Å². The second-order valence-electron chi connectivity index (χ2n) is 5.56. The van der Waals surface area contributed by atoms with Crippen LogP contribution in [-0.4, -0.2) is 12.5 Å². The van der Waals surface area contributed by atoms with Gasteiger partial charge in [0, 0.05) is 6.42 Å². The molecule has 1 N–H and O–H groups in total. The van der Waals surface area contributed by atoms with Crippen LogP contribution in [0, 0.1) is 11.3 Å². The second kappa shape index (κ2) is 8.73. The molecule has 0 spiro atoms. The summed E-state index contributed by atoms with van der Waals surface area (Å²) < 4.78 is 5.58. The number of benzene rings is 2. The summed E-state index contributed by atoms with van der Waals surface area (Å²) in [6, 6.07) is 17.1. The van der Waals surface area contributed by atoms with E-state index in [4.69, 9.17) is 10.00 Å². The van der Waals surface area contributed by atoms with Gasteiger partial charge in [-0.05, 0) is 49.6 Å². The number of aryl methyl sites for hydroxylation is 1. The van der Waals surface area contributed by atoms with Gasteiger partial charge in [0.1, 0.15) is 5.75 Å². The summed E-state index contributed by atoms with van der Waals surface area (Å²) in [5, 5.41) is 11.8. The molecule has 4 nitrogen and oxygen atoms in total. The van der Waals surface area contributed by atoms with Crippen molar-refractivity contribution in [3.05, 3.63) is 65.2 Å². The van der Waals surface area contributed by atoms with E-state index < -0.39 is 0 Å². The lowest BCUT2D eigenvalue weighted by Gasteiger charge is -2.15. The number of ether oxygens (including phenoxy) is 1. The maximum absolute atomic E-state index is 12.2. The average Bonchev–Trinajstić information content (AvgIpc) is 2.61. The largest absolute Gasteiger partial charge is 0.494 e. The van der Waals surface area contributed by atoms with Crippen LogP contribution in [0.4, 0.5) is 0 Å². The summed E-state index contributed by atoms with van der Waals surface area (Å²) in [5.74, 6) is 0.839. The van der Waals surface area contributed by atoms with Crippen molar-refractivity contribution in [2.45, 2.75) is 32.7 Å². The zero-order valence-corrected chi connectivity index (χ0v) is 14.1. The smallest absolute Gasteiger partial charge is 0.220 e. The molecule has 0 saturated carbocycles. The van der Waals surface area contributed by atoms with Crippen molar-refractivity contribution in [3.8, 4) is 11.8 Å². The lowest BCUT2D eigenvalue weighted by atomic mass is 10.1. The molecule has 124 valence electrons. The van der Waals surface area contributed by atoms with Gasteiger partial charge in [-0.3, -0.25) is 4.79 Å². The van der Waals surface area contributed by atoms with Gasteiger partial charge in [-0.1, -0.05) is 30.3 Å². The predicted molar refractivity (Wildman–Crippen MR) is 93.6 cm³/mol. The Balaban J connectivity index is 1.90. The molecular formula is C20H22N2O2. The first-order chi connectivity index (χ1) is 11.6. The van der Waals surface area contributed by atoms with E-state index in [0.717, 1.165) is 16.9 Å². The van der Waals surface area contributed by atoms with E-state index in [9.17, 15) is 4.79 Å². The molecule has 1 unspecified atom stereocenters. The molecule has 1 atom stereocenters. The molecule has 0 fully saturated rings. The fraction of sp³-hybridized carbons (Fsp3) is 0.300. The summed E-state index contributed by atoms with van der Waals surface area (Å²) in [6.45, 7) is 4.50. The van der Waals surface area contributed by atoms with Crippen LogP contribution >= 0.6 is 0 Å². The first-order valence-electron chi connectivity index (χ1n) is 8.14. The third-order valence-corrected chi connectivity index (χ3v) is 3.81. The fourth-order valence-corrected chi connectivity index (χ4v) is 2.50. The molecule has 24 heavy (non-hydrogen) atoms. The number of nitrogens with zero attached hydrogens (tertiary/aromatic N) is 1. The Morgan fingerprint density at radius 3 is 2.58 bits per heavy atom. The normalized spacial score (nSPS) is 11.4. The van der Waals surface area contributed by atoms with Crippen molar-refractivity contribution in [1.82, 2.24) is 5.32 Å².